The van der Waals surface area contributed by atoms with Crippen LogP contribution in [-0.4, -0.2) is 17.0 Å². The average molecular weight is 285 g/mol. The fourth-order valence-electron chi connectivity index (χ4n) is 2.53. The van der Waals surface area contributed by atoms with E-state index in [2.05, 4.69) is 5.32 Å². The zero-order chi connectivity index (χ0) is 15.0. The smallest absolute Gasteiger partial charge is 0.337 e. The highest BCUT2D eigenvalue weighted by Crippen LogP contribution is 2.36. The third-order valence-corrected chi connectivity index (χ3v) is 3.66. The van der Waals surface area contributed by atoms with Crippen LogP contribution >= 0.6 is 0 Å². The van der Waals surface area contributed by atoms with Crippen LogP contribution in [0.25, 0.3) is 0 Å². The lowest BCUT2D eigenvalue weighted by Crippen LogP contribution is -2.31. The van der Waals surface area contributed by atoms with E-state index in [-0.39, 0.29) is 23.1 Å². The fourth-order valence-corrected chi connectivity index (χ4v) is 2.53. The zero-order valence-electron chi connectivity index (χ0n) is 11.0. The summed E-state index contributed by atoms with van der Waals surface area (Å²) >= 11 is 0. The van der Waals surface area contributed by atoms with Gasteiger partial charge in [-0.3, -0.25) is 4.79 Å². The maximum absolute atomic E-state index is 13.8. The Morgan fingerprint density at radius 3 is 2.62 bits per heavy atom. The Bertz CT molecular complexity index is 742. The molecule has 1 aliphatic rings. The van der Waals surface area contributed by atoms with Gasteiger partial charge >= 0.3 is 5.97 Å². The van der Waals surface area contributed by atoms with Crippen LogP contribution in [0.2, 0.25) is 0 Å². The van der Waals surface area contributed by atoms with Crippen molar-refractivity contribution in [1.29, 1.82) is 0 Å². The highest BCUT2D eigenvalue weighted by Gasteiger charge is 2.32. The van der Waals surface area contributed by atoms with Gasteiger partial charge in [-0.1, -0.05) is 30.3 Å². The molecule has 21 heavy (non-hydrogen) atoms. The Labute approximate surface area is 120 Å². The van der Waals surface area contributed by atoms with Crippen molar-refractivity contribution < 1.29 is 19.1 Å². The van der Waals surface area contributed by atoms with Crippen molar-refractivity contribution in [2.24, 2.45) is 0 Å². The van der Waals surface area contributed by atoms with Gasteiger partial charge in [0.2, 0.25) is 5.91 Å². The molecule has 0 saturated heterocycles. The normalized spacial score (nSPS) is 15.8. The minimum atomic E-state index is -1.28. The monoisotopic (exact) mass is 285 g/mol. The van der Waals surface area contributed by atoms with Crippen LogP contribution in [0.5, 0.6) is 0 Å². The molecule has 0 heterocycles. The lowest BCUT2D eigenvalue weighted by Gasteiger charge is -2.29. The van der Waals surface area contributed by atoms with Gasteiger partial charge in [-0.2, -0.15) is 0 Å². The fraction of sp³-hybridized carbons (Fsp3) is 0.125. The minimum absolute atomic E-state index is 0.254. The molecule has 0 bridgehead atoms. The summed E-state index contributed by atoms with van der Waals surface area (Å²) < 4.78 is 13.8. The zero-order valence-corrected chi connectivity index (χ0v) is 11.0. The van der Waals surface area contributed by atoms with Crippen molar-refractivity contribution >= 4 is 17.6 Å². The number of amides is 1. The molecule has 5 heteroatoms. The lowest BCUT2D eigenvalue weighted by atomic mass is 9.77. The number of benzene rings is 2. The lowest BCUT2D eigenvalue weighted by molar-refractivity contribution is -0.118. The Morgan fingerprint density at radius 1 is 1.14 bits per heavy atom. The molecule has 2 aromatic rings. The molecular weight excluding hydrogens is 273 g/mol. The van der Waals surface area contributed by atoms with Gasteiger partial charge in [0, 0.05) is 0 Å². The van der Waals surface area contributed by atoms with E-state index in [4.69, 9.17) is 5.11 Å². The molecule has 106 valence electrons. The van der Waals surface area contributed by atoms with E-state index in [1.165, 1.54) is 12.1 Å². The first-order chi connectivity index (χ1) is 10.1. The molecule has 0 radical (unpaired) electrons. The molecule has 0 fully saturated rings. The first-order valence-electron chi connectivity index (χ1n) is 6.48. The van der Waals surface area contributed by atoms with Gasteiger partial charge in [0.25, 0.3) is 0 Å². The molecule has 0 aliphatic heterocycles. The van der Waals surface area contributed by atoms with Crippen LogP contribution in [0, 0.1) is 5.82 Å². The van der Waals surface area contributed by atoms with E-state index < -0.39 is 11.8 Å². The van der Waals surface area contributed by atoms with Crippen LogP contribution in [0.15, 0.2) is 42.5 Å². The molecule has 1 atom stereocenters. The first-order valence-corrected chi connectivity index (χ1v) is 6.48. The number of carboxylic acid groups (broad SMARTS) is 1. The largest absolute Gasteiger partial charge is 0.478 e. The van der Waals surface area contributed by atoms with E-state index in [1.54, 1.807) is 0 Å². The van der Waals surface area contributed by atoms with Crippen LogP contribution in [0.4, 0.5) is 10.1 Å². The number of anilines is 1. The molecule has 0 saturated carbocycles. The Balaban J connectivity index is 1.86. The number of aromatic carboxylic acids is 1. The third-order valence-electron chi connectivity index (χ3n) is 3.66. The van der Waals surface area contributed by atoms with Crippen molar-refractivity contribution in [2.75, 3.05) is 5.32 Å². The second-order valence-electron chi connectivity index (χ2n) is 4.91. The van der Waals surface area contributed by atoms with Gasteiger partial charge in [-0.25, -0.2) is 9.18 Å². The van der Waals surface area contributed by atoms with Gasteiger partial charge in [-0.15, -0.1) is 0 Å². The van der Waals surface area contributed by atoms with Crippen LogP contribution in [0.3, 0.4) is 0 Å². The average Bonchev–Trinajstić information content (AvgIpc) is 2.42. The van der Waals surface area contributed by atoms with Gasteiger partial charge in [0.05, 0.1) is 17.2 Å². The maximum atomic E-state index is 13.8. The SMILES string of the molecule is O=C(O)c1cccc(F)c1NC(=O)C1Cc2ccccc21. The number of rotatable bonds is 3. The van der Waals surface area contributed by atoms with E-state index in [1.807, 2.05) is 24.3 Å². The quantitative estimate of drug-likeness (QED) is 0.911. The van der Waals surface area contributed by atoms with Crippen LogP contribution < -0.4 is 5.32 Å². The van der Waals surface area contributed by atoms with Crippen molar-refractivity contribution in [2.45, 2.75) is 12.3 Å². The molecule has 0 spiro atoms. The van der Waals surface area contributed by atoms with Crippen molar-refractivity contribution in [3.05, 3.63) is 65.0 Å². The topological polar surface area (TPSA) is 66.4 Å². The number of halogens is 1. The van der Waals surface area contributed by atoms with E-state index in [0.29, 0.717) is 6.42 Å². The number of nitrogens with one attached hydrogen (secondary N) is 1. The number of carbonyl (C=O) groups excluding carboxylic acids is 1. The summed E-state index contributed by atoms with van der Waals surface area (Å²) in [6, 6.07) is 11.2. The standard InChI is InChI=1S/C16H12FNO3/c17-13-7-3-6-11(16(20)21)14(13)18-15(19)12-8-9-4-1-2-5-10(9)12/h1-7,12H,8H2,(H,18,19)(H,20,21). The maximum Gasteiger partial charge on any atom is 0.337 e. The minimum Gasteiger partial charge on any atom is -0.478 e. The van der Waals surface area contributed by atoms with E-state index in [9.17, 15) is 14.0 Å². The summed E-state index contributed by atoms with van der Waals surface area (Å²) in [6.07, 6.45) is 0.582. The van der Waals surface area contributed by atoms with Gasteiger partial charge < -0.3 is 10.4 Å². The molecule has 3 rings (SSSR count). The summed E-state index contributed by atoms with van der Waals surface area (Å²) in [5.41, 5.74) is 1.46. The molecule has 4 nitrogen and oxygen atoms in total. The van der Waals surface area contributed by atoms with Crippen molar-refractivity contribution in [1.82, 2.24) is 0 Å². The number of hydrogen-bond acceptors (Lipinski definition) is 2. The Morgan fingerprint density at radius 2 is 1.90 bits per heavy atom. The Hall–Kier alpha value is -2.69. The predicted octanol–water partition coefficient (Wildman–Crippen LogP) is 2.80. The number of para-hydroxylation sites is 1. The number of carbonyl (C=O) groups is 2. The number of fused-ring (bicyclic) bond motifs is 1. The molecule has 1 amide bonds. The molecule has 1 unspecified atom stereocenters. The number of carboxylic acids is 1. The van der Waals surface area contributed by atoms with Gasteiger partial charge in [0.15, 0.2) is 0 Å². The molecule has 2 N–H and O–H groups in total. The van der Waals surface area contributed by atoms with E-state index >= 15 is 0 Å². The highest BCUT2D eigenvalue weighted by atomic mass is 19.1. The van der Waals surface area contributed by atoms with Crippen molar-refractivity contribution in [3.63, 3.8) is 0 Å². The third kappa shape index (κ3) is 2.27. The summed E-state index contributed by atoms with van der Waals surface area (Å²) in [7, 11) is 0. The van der Waals surface area contributed by atoms with Gasteiger partial charge in [-0.05, 0) is 29.7 Å². The molecule has 0 aromatic heterocycles. The second-order valence-corrected chi connectivity index (χ2v) is 4.91. The van der Waals surface area contributed by atoms with Crippen LogP contribution in [0.1, 0.15) is 27.4 Å². The predicted molar refractivity (Wildman–Crippen MR) is 74.9 cm³/mol. The van der Waals surface area contributed by atoms with Gasteiger partial charge in [0.1, 0.15) is 5.82 Å². The number of hydrogen-bond donors (Lipinski definition) is 2. The summed E-state index contributed by atoms with van der Waals surface area (Å²) in [4.78, 5) is 23.3. The first kappa shape index (κ1) is 13.3. The Kier molecular flexibility index (Phi) is 3.17. The summed E-state index contributed by atoms with van der Waals surface area (Å²) in [5, 5.41) is 11.5. The van der Waals surface area contributed by atoms with Crippen LogP contribution in [-0.2, 0) is 11.2 Å². The summed E-state index contributed by atoms with van der Waals surface area (Å²) in [6.45, 7) is 0. The molecule has 2 aromatic carbocycles. The molecular formula is C16H12FNO3. The second kappa shape index (κ2) is 5.01. The highest BCUT2D eigenvalue weighted by molar-refractivity contribution is 6.03. The van der Waals surface area contributed by atoms with Crippen molar-refractivity contribution in [3.8, 4) is 0 Å². The molecule has 1 aliphatic carbocycles. The van der Waals surface area contributed by atoms with E-state index in [0.717, 1.165) is 17.2 Å². The summed E-state index contributed by atoms with van der Waals surface area (Å²) in [5.74, 6) is -2.78.